The fourth-order valence-electron chi connectivity index (χ4n) is 7.01. The van der Waals surface area contributed by atoms with Crippen molar-refractivity contribution >= 4 is 0 Å². The summed E-state index contributed by atoms with van der Waals surface area (Å²) in [5, 5.41) is 0. The van der Waals surface area contributed by atoms with Crippen LogP contribution in [0.2, 0.25) is 0 Å². The van der Waals surface area contributed by atoms with Crippen LogP contribution in [-0.2, 0) is 4.74 Å². The molecule has 1 aliphatic heterocycles. The van der Waals surface area contributed by atoms with Gasteiger partial charge in [-0.25, -0.2) is 4.39 Å². The van der Waals surface area contributed by atoms with Crippen LogP contribution in [0.15, 0.2) is 24.3 Å². The quantitative estimate of drug-likeness (QED) is 0.323. The summed E-state index contributed by atoms with van der Waals surface area (Å²) in [6.45, 7) is 4.95. The molecule has 1 saturated heterocycles. The summed E-state index contributed by atoms with van der Waals surface area (Å²) in [4.78, 5) is 0. The van der Waals surface area contributed by atoms with E-state index in [0.29, 0.717) is 24.7 Å². The fourth-order valence-corrected chi connectivity index (χ4v) is 7.01. The summed E-state index contributed by atoms with van der Waals surface area (Å²) in [5.74, 6) is 1.75. The minimum atomic E-state index is -0.858. The third kappa shape index (κ3) is 6.87. The van der Waals surface area contributed by atoms with E-state index in [0.717, 1.165) is 37.0 Å². The van der Waals surface area contributed by atoms with E-state index in [2.05, 4.69) is 19.1 Å². The Hall–Kier alpha value is -1.42. The number of allylic oxidation sites excluding steroid dienone is 2. The fraction of sp³-hybridized carbons (Fsp3) is 0.742. The third-order valence-electron chi connectivity index (χ3n) is 9.17. The van der Waals surface area contributed by atoms with Crippen molar-refractivity contribution in [1.29, 1.82) is 0 Å². The van der Waals surface area contributed by atoms with Crippen molar-refractivity contribution in [2.45, 2.75) is 109 Å². The smallest absolute Gasteiger partial charge is 0.200 e. The normalized spacial score (nSPS) is 32.1. The maximum atomic E-state index is 14.7. The maximum absolute atomic E-state index is 14.7. The minimum Gasteiger partial charge on any atom is -0.490 e. The van der Waals surface area contributed by atoms with Crippen LogP contribution >= 0.6 is 0 Å². The molecule has 1 aromatic rings. The van der Waals surface area contributed by atoms with Crippen molar-refractivity contribution in [3.05, 3.63) is 41.5 Å². The highest BCUT2D eigenvalue weighted by atomic mass is 19.2. The molecule has 2 saturated carbocycles. The topological polar surface area (TPSA) is 18.5 Å². The number of benzene rings is 1. The van der Waals surface area contributed by atoms with Crippen molar-refractivity contribution in [3.63, 3.8) is 0 Å². The van der Waals surface area contributed by atoms with Crippen molar-refractivity contribution in [2.24, 2.45) is 23.7 Å². The molecule has 0 spiro atoms. The van der Waals surface area contributed by atoms with Gasteiger partial charge >= 0.3 is 0 Å². The summed E-state index contributed by atoms with van der Waals surface area (Å²) in [7, 11) is 0. The molecule has 0 N–H and O–H groups in total. The minimum absolute atomic E-state index is 0.0154. The molecule has 4 rings (SSSR count). The highest BCUT2D eigenvalue weighted by Crippen LogP contribution is 2.45. The molecule has 3 aliphatic rings. The van der Waals surface area contributed by atoms with Crippen LogP contribution in [0.4, 0.5) is 8.78 Å². The van der Waals surface area contributed by atoms with Crippen LogP contribution in [0, 0.1) is 35.3 Å². The van der Waals surface area contributed by atoms with Gasteiger partial charge in [0.25, 0.3) is 0 Å². The van der Waals surface area contributed by atoms with Gasteiger partial charge in [0, 0.05) is 5.92 Å². The first-order chi connectivity index (χ1) is 17.1. The first-order valence-electron chi connectivity index (χ1n) is 14.4. The predicted molar refractivity (Wildman–Crippen MR) is 139 cm³/mol. The lowest BCUT2D eigenvalue weighted by Crippen LogP contribution is -2.35. The standard InChI is InChI=1S/C31H46F2O2/c1-3-5-6-7-22-8-10-23(11-9-22)24-12-14-25(15-13-24)28-18-16-26(21-35-28)27-17-19-29(34-20-4-2)31(33)30(27)32/h3,5,17,19,22-26,28H,4,6-16,18,20-21H2,1-2H3/b5-3+. The zero-order valence-electron chi connectivity index (χ0n) is 22.0. The van der Waals surface area contributed by atoms with E-state index >= 15 is 0 Å². The molecular formula is C31H46F2O2. The van der Waals surface area contributed by atoms with Crippen LogP contribution < -0.4 is 4.74 Å². The van der Waals surface area contributed by atoms with Gasteiger partial charge < -0.3 is 9.47 Å². The molecule has 0 aromatic heterocycles. The van der Waals surface area contributed by atoms with Gasteiger partial charge in [-0.15, -0.1) is 0 Å². The summed E-state index contributed by atoms with van der Waals surface area (Å²) in [5.41, 5.74) is 0.440. The van der Waals surface area contributed by atoms with Gasteiger partial charge in [0.1, 0.15) is 0 Å². The monoisotopic (exact) mass is 488 g/mol. The van der Waals surface area contributed by atoms with Gasteiger partial charge in [0.2, 0.25) is 5.82 Å². The summed E-state index contributed by atoms with van der Waals surface area (Å²) in [6.07, 6.45) is 21.0. The molecule has 1 heterocycles. The van der Waals surface area contributed by atoms with E-state index in [1.54, 1.807) is 12.1 Å². The number of halogens is 2. The molecule has 196 valence electrons. The molecule has 35 heavy (non-hydrogen) atoms. The number of ether oxygens (including phenoxy) is 2. The Morgan fingerprint density at radius 3 is 2.20 bits per heavy atom. The molecule has 0 bridgehead atoms. The van der Waals surface area contributed by atoms with E-state index in [9.17, 15) is 8.78 Å². The zero-order chi connectivity index (χ0) is 24.6. The average molecular weight is 489 g/mol. The maximum Gasteiger partial charge on any atom is 0.200 e. The lowest BCUT2D eigenvalue weighted by molar-refractivity contribution is -0.0469. The molecule has 0 amide bonds. The Bertz CT molecular complexity index is 798. The molecule has 3 fully saturated rings. The second-order valence-corrected chi connectivity index (χ2v) is 11.4. The highest BCUT2D eigenvalue weighted by Gasteiger charge is 2.36. The number of hydrogen-bond donors (Lipinski definition) is 0. The lowest BCUT2D eigenvalue weighted by atomic mass is 9.67. The van der Waals surface area contributed by atoms with Crippen molar-refractivity contribution in [3.8, 4) is 5.75 Å². The van der Waals surface area contributed by atoms with Crippen molar-refractivity contribution in [1.82, 2.24) is 0 Å². The first kappa shape index (κ1) is 26.6. The molecule has 4 heteroatoms. The summed E-state index contributed by atoms with van der Waals surface area (Å²) in [6, 6.07) is 3.27. The highest BCUT2D eigenvalue weighted by molar-refractivity contribution is 5.33. The van der Waals surface area contributed by atoms with E-state index in [1.807, 2.05) is 6.92 Å². The van der Waals surface area contributed by atoms with Crippen LogP contribution in [0.3, 0.4) is 0 Å². The Labute approximate surface area is 211 Å². The van der Waals surface area contributed by atoms with E-state index in [4.69, 9.17) is 9.47 Å². The van der Waals surface area contributed by atoms with Crippen molar-refractivity contribution < 1.29 is 18.3 Å². The zero-order valence-corrected chi connectivity index (χ0v) is 22.0. The number of hydrogen-bond acceptors (Lipinski definition) is 2. The lowest BCUT2D eigenvalue weighted by Gasteiger charge is -2.41. The SMILES string of the molecule is C/C=C/CCC1CCC(C2CCC(C3CCC(c4ccc(OCCC)c(F)c4F)CO3)CC2)CC1. The molecule has 2 aliphatic carbocycles. The molecule has 2 unspecified atom stereocenters. The van der Waals surface area contributed by atoms with Gasteiger partial charge in [-0.05, 0) is 113 Å². The molecule has 0 radical (unpaired) electrons. The van der Waals surface area contributed by atoms with Gasteiger partial charge in [0.15, 0.2) is 11.6 Å². The van der Waals surface area contributed by atoms with Gasteiger partial charge in [0.05, 0.1) is 19.3 Å². The van der Waals surface area contributed by atoms with Gasteiger partial charge in [-0.2, -0.15) is 4.39 Å². The van der Waals surface area contributed by atoms with E-state index in [1.165, 1.54) is 64.2 Å². The molecule has 2 atom stereocenters. The van der Waals surface area contributed by atoms with Crippen LogP contribution in [0.25, 0.3) is 0 Å². The first-order valence-corrected chi connectivity index (χ1v) is 14.4. The average Bonchev–Trinajstić information content (AvgIpc) is 2.90. The van der Waals surface area contributed by atoms with E-state index in [-0.39, 0.29) is 17.8 Å². The van der Waals surface area contributed by atoms with Crippen LogP contribution in [0.5, 0.6) is 5.75 Å². The van der Waals surface area contributed by atoms with Gasteiger partial charge in [-0.1, -0.05) is 38.0 Å². The Morgan fingerprint density at radius 2 is 1.57 bits per heavy atom. The summed E-state index contributed by atoms with van der Waals surface area (Å²) >= 11 is 0. The van der Waals surface area contributed by atoms with E-state index < -0.39 is 11.6 Å². The Morgan fingerprint density at radius 1 is 0.886 bits per heavy atom. The van der Waals surface area contributed by atoms with Crippen LogP contribution in [0.1, 0.15) is 109 Å². The Balaban J connectivity index is 1.20. The van der Waals surface area contributed by atoms with Crippen molar-refractivity contribution in [2.75, 3.05) is 13.2 Å². The van der Waals surface area contributed by atoms with Crippen LogP contribution in [-0.4, -0.2) is 19.3 Å². The molecule has 1 aromatic carbocycles. The summed E-state index contributed by atoms with van der Waals surface area (Å²) < 4.78 is 40.8. The van der Waals surface area contributed by atoms with Gasteiger partial charge in [-0.3, -0.25) is 0 Å². The number of rotatable bonds is 9. The largest absolute Gasteiger partial charge is 0.490 e. The predicted octanol–water partition coefficient (Wildman–Crippen LogP) is 8.99. The molecule has 2 nitrogen and oxygen atoms in total. The second-order valence-electron chi connectivity index (χ2n) is 11.4. The second kappa shape index (κ2) is 13.2. The Kier molecular flexibility index (Phi) is 10.1. The molecular weight excluding hydrogens is 442 g/mol. The third-order valence-corrected chi connectivity index (χ3v) is 9.17.